The molecule has 1 saturated carbocycles. The van der Waals surface area contributed by atoms with Gasteiger partial charge < -0.3 is 15.3 Å². The van der Waals surface area contributed by atoms with Gasteiger partial charge in [-0.3, -0.25) is 14.0 Å². The molecule has 3 aromatic rings. The van der Waals surface area contributed by atoms with Crippen molar-refractivity contribution in [2.24, 2.45) is 0 Å². The van der Waals surface area contributed by atoms with Crippen LogP contribution in [0.3, 0.4) is 0 Å². The Morgan fingerprint density at radius 2 is 2.19 bits per heavy atom. The average molecular weight is 375 g/mol. The van der Waals surface area contributed by atoms with Crippen molar-refractivity contribution in [3.8, 4) is 0 Å². The largest absolute Gasteiger partial charge is 0.390 e. The summed E-state index contributed by atoms with van der Waals surface area (Å²) in [6, 6.07) is 3.75. The van der Waals surface area contributed by atoms with Crippen molar-refractivity contribution in [3.63, 3.8) is 0 Å². The lowest BCUT2D eigenvalue weighted by Crippen LogP contribution is -2.54. The molecule has 3 heterocycles. The quantitative estimate of drug-likeness (QED) is 0.704. The van der Waals surface area contributed by atoms with Crippen molar-refractivity contribution in [2.45, 2.75) is 38.0 Å². The number of carbonyl (C=O) groups excluding carboxylic acids is 1. The molecule has 0 saturated heterocycles. The summed E-state index contributed by atoms with van der Waals surface area (Å²) in [5, 5.41) is 19.0. The van der Waals surface area contributed by atoms with Gasteiger partial charge in [-0.25, -0.2) is 4.68 Å². The molecule has 1 aliphatic rings. The van der Waals surface area contributed by atoms with Crippen molar-refractivity contribution in [3.05, 3.63) is 27.9 Å². The number of aromatic nitrogens is 3. The van der Waals surface area contributed by atoms with Gasteiger partial charge in [0.15, 0.2) is 0 Å². The van der Waals surface area contributed by atoms with Crippen LogP contribution in [0.25, 0.3) is 15.7 Å². The molecule has 0 aliphatic heterocycles. The molecule has 1 aliphatic carbocycles. The molecule has 0 unspecified atom stereocenters. The van der Waals surface area contributed by atoms with E-state index in [1.807, 2.05) is 40.9 Å². The minimum atomic E-state index is -0.707. The molecule has 2 N–H and O–H groups in total. The fraction of sp³-hybridized carbons (Fsp3) is 0.471. The molecule has 3 aromatic heterocycles. The first kappa shape index (κ1) is 17.0. The monoisotopic (exact) mass is 375 g/mol. The van der Waals surface area contributed by atoms with Crippen LogP contribution in [0, 0.1) is 0 Å². The summed E-state index contributed by atoms with van der Waals surface area (Å²) in [5.74, 6) is 0.315. The Labute approximate surface area is 153 Å². The van der Waals surface area contributed by atoms with Crippen molar-refractivity contribution in [2.75, 3.05) is 19.0 Å². The highest BCUT2D eigenvalue weighted by atomic mass is 32.1. The van der Waals surface area contributed by atoms with Gasteiger partial charge in [-0.05, 0) is 37.3 Å². The van der Waals surface area contributed by atoms with E-state index in [1.165, 1.54) is 4.68 Å². The van der Waals surface area contributed by atoms with Gasteiger partial charge in [0, 0.05) is 20.1 Å². The SMILES string of the molecule is CN(C)c1nn(CC(=O)NC2CC(C)(O)C2)c(=O)c2cc3sccc3n12. The Morgan fingerprint density at radius 1 is 1.46 bits per heavy atom. The van der Waals surface area contributed by atoms with Crippen LogP contribution < -0.4 is 15.8 Å². The molecule has 4 rings (SSSR count). The number of rotatable bonds is 4. The normalized spacial score (nSPS) is 22.5. The second-order valence-electron chi connectivity index (χ2n) is 7.36. The van der Waals surface area contributed by atoms with Crippen LogP contribution in [0.15, 0.2) is 22.3 Å². The molecule has 0 spiro atoms. The number of nitrogens with one attached hydrogen (secondary N) is 1. The van der Waals surface area contributed by atoms with Gasteiger partial charge in [0.05, 0.1) is 15.8 Å². The molecule has 8 nitrogen and oxygen atoms in total. The number of amides is 1. The van der Waals surface area contributed by atoms with E-state index >= 15 is 0 Å². The minimum Gasteiger partial charge on any atom is -0.390 e. The Bertz CT molecular complexity index is 1050. The lowest BCUT2D eigenvalue weighted by Gasteiger charge is -2.41. The van der Waals surface area contributed by atoms with Gasteiger partial charge in [-0.1, -0.05) is 0 Å². The van der Waals surface area contributed by atoms with Crippen LogP contribution >= 0.6 is 11.3 Å². The predicted molar refractivity (Wildman–Crippen MR) is 101 cm³/mol. The summed E-state index contributed by atoms with van der Waals surface area (Å²) < 4.78 is 4.04. The van der Waals surface area contributed by atoms with E-state index in [-0.39, 0.29) is 24.1 Å². The zero-order valence-electron chi connectivity index (χ0n) is 14.9. The number of aliphatic hydroxyl groups is 1. The highest BCUT2D eigenvalue weighted by Crippen LogP contribution is 2.31. The molecule has 138 valence electrons. The second kappa shape index (κ2) is 5.82. The number of anilines is 1. The molecular formula is C17H21N5O3S. The highest BCUT2D eigenvalue weighted by molar-refractivity contribution is 7.17. The third-order valence-electron chi connectivity index (χ3n) is 4.72. The van der Waals surface area contributed by atoms with Crippen molar-refractivity contribution < 1.29 is 9.90 Å². The summed E-state index contributed by atoms with van der Waals surface area (Å²) in [4.78, 5) is 27.0. The zero-order valence-corrected chi connectivity index (χ0v) is 15.7. The Kier molecular flexibility index (Phi) is 3.81. The maximum absolute atomic E-state index is 12.8. The molecule has 0 radical (unpaired) electrons. The van der Waals surface area contributed by atoms with Gasteiger partial charge in [0.2, 0.25) is 11.9 Å². The van der Waals surface area contributed by atoms with Gasteiger partial charge >= 0.3 is 0 Å². The standard InChI is InChI=1S/C17H21N5O3S/c1-17(25)7-10(8-17)18-14(23)9-21-15(24)12-6-13-11(4-5-26-13)22(12)16(19-21)20(2)3/h4-6,10,25H,7-9H2,1-3H3,(H,18,23). The average Bonchev–Trinajstić information content (AvgIpc) is 3.09. The van der Waals surface area contributed by atoms with Crippen molar-refractivity contribution >= 4 is 38.9 Å². The van der Waals surface area contributed by atoms with Crippen LogP contribution in [0.4, 0.5) is 5.95 Å². The Hall–Kier alpha value is -2.39. The summed E-state index contributed by atoms with van der Waals surface area (Å²) >= 11 is 1.56. The summed E-state index contributed by atoms with van der Waals surface area (Å²) in [7, 11) is 3.70. The highest BCUT2D eigenvalue weighted by Gasteiger charge is 2.39. The predicted octanol–water partition coefficient (Wildman–Crippen LogP) is 0.806. The fourth-order valence-electron chi connectivity index (χ4n) is 3.54. The van der Waals surface area contributed by atoms with E-state index in [0.717, 1.165) is 10.2 Å². The van der Waals surface area contributed by atoms with Crippen LogP contribution in [0.2, 0.25) is 0 Å². The molecule has 1 fully saturated rings. The van der Waals surface area contributed by atoms with E-state index in [9.17, 15) is 14.7 Å². The van der Waals surface area contributed by atoms with Gasteiger partial charge in [0.25, 0.3) is 5.56 Å². The molecular weight excluding hydrogens is 354 g/mol. The first-order valence-electron chi connectivity index (χ1n) is 8.44. The van der Waals surface area contributed by atoms with Gasteiger partial charge in [-0.15, -0.1) is 16.4 Å². The number of nitrogens with zero attached hydrogens (tertiary/aromatic N) is 4. The number of thiophene rings is 1. The number of carbonyl (C=O) groups is 1. The van der Waals surface area contributed by atoms with Crippen LogP contribution in [0.1, 0.15) is 19.8 Å². The maximum Gasteiger partial charge on any atom is 0.291 e. The van der Waals surface area contributed by atoms with Crippen LogP contribution in [-0.2, 0) is 11.3 Å². The number of hydrogen-bond donors (Lipinski definition) is 2. The lowest BCUT2D eigenvalue weighted by molar-refractivity contribution is -0.125. The van der Waals surface area contributed by atoms with Crippen LogP contribution in [0.5, 0.6) is 0 Å². The molecule has 0 bridgehead atoms. The molecule has 0 atom stereocenters. The zero-order chi connectivity index (χ0) is 18.6. The molecule has 0 aromatic carbocycles. The van der Waals surface area contributed by atoms with Crippen LogP contribution in [-0.4, -0.2) is 50.9 Å². The van der Waals surface area contributed by atoms with E-state index < -0.39 is 5.60 Å². The van der Waals surface area contributed by atoms with Crippen molar-refractivity contribution in [1.82, 2.24) is 19.5 Å². The van der Waals surface area contributed by atoms with Gasteiger partial charge in [-0.2, -0.15) is 0 Å². The summed E-state index contributed by atoms with van der Waals surface area (Å²) in [6.45, 7) is 1.60. The maximum atomic E-state index is 12.8. The van der Waals surface area contributed by atoms with E-state index in [2.05, 4.69) is 10.4 Å². The first-order valence-corrected chi connectivity index (χ1v) is 9.32. The van der Waals surface area contributed by atoms with E-state index in [4.69, 9.17) is 0 Å². The molecule has 9 heteroatoms. The first-order chi connectivity index (χ1) is 12.2. The Morgan fingerprint density at radius 3 is 2.85 bits per heavy atom. The van der Waals surface area contributed by atoms with E-state index in [0.29, 0.717) is 24.3 Å². The topological polar surface area (TPSA) is 91.9 Å². The third-order valence-corrected chi connectivity index (χ3v) is 5.57. The fourth-order valence-corrected chi connectivity index (χ4v) is 4.34. The molecule has 1 amide bonds. The minimum absolute atomic E-state index is 0.0520. The molecule has 26 heavy (non-hydrogen) atoms. The summed E-state index contributed by atoms with van der Waals surface area (Å²) in [5.41, 5.74) is 0.438. The number of hydrogen-bond acceptors (Lipinski definition) is 6. The van der Waals surface area contributed by atoms with Gasteiger partial charge in [0.1, 0.15) is 12.1 Å². The summed E-state index contributed by atoms with van der Waals surface area (Å²) in [6.07, 6.45) is 1.05. The Balaban J connectivity index is 1.68. The smallest absolute Gasteiger partial charge is 0.291 e. The van der Waals surface area contributed by atoms with Crippen molar-refractivity contribution in [1.29, 1.82) is 0 Å². The van der Waals surface area contributed by atoms with E-state index in [1.54, 1.807) is 18.3 Å². The number of fused-ring (bicyclic) bond motifs is 3. The third kappa shape index (κ3) is 2.77. The lowest BCUT2D eigenvalue weighted by atomic mass is 9.77. The second-order valence-corrected chi connectivity index (χ2v) is 8.31.